The molecule has 1 heterocycles. The predicted octanol–water partition coefficient (Wildman–Crippen LogP) is 3.22. The average molecular weight is 260 g/mol. The number of aromatic nitrogens is 4. The summed E-state index contributed by atoms with van der Waals surface area (Å²) >= 11 is 0. The van der Waals surface area contributed by atoms with Crippen molar-refractivity contribution in [3.63, 3.8) is 0 Å². The first-order chi connectivity index (χ1) is 9.40. The van der Waals surface area contributed by atoms with Gasteiger partial charge in [-0.25, -0.2) is 0 Å². The van der Waals surface area contributed by atoms with Crippen molar-refractivity contribution in [1.82, 2.24) is 20.6 Å². The molecule has 0 saturated heterocycles. The molecule has 0 radical (unpaired) electrons. The van der Waals surface area contributed by atoms with Crippen molar-refractivity contribution in [2.45, 2.75) is 39.0 Å². The second-order valence-electron chi connectivity index (χ2n) is 4.52. The molecule has 0 amide bonds. The highest BCUT2D eigenvalue weighted by molar-refractivity contribution is 5.54. The summed E-state index contributed by atoms with van der Waals surface area (Å²) in [6.07, 6.45) is 6.26. The van der Waals surface area contributed by atoms with E-state index in [4.69, 9.17) is 4.74 Å². The molecule has 0 aliphatic carbocycles. The minimum atomic E-state index is 0.603. The van der Waals surface area contributed by atoms with Gasteiger partial charge in [0.15, 0.2) is 0 Å². The van der Waals surface area contributed by atoms with Gasteiger partial charge in [-0.05, 0) is 35.9 Å². The van der Waals surface area contributed by atoms with E-state index in [1.54, 1.807) is 0 Å². The molecule has 0 saturated carbocycles. The second kappa shape index (κ2) is 7.51. The molecule has 1 aromatic carbocycles. The minimum absolute atomic E-state index is 0.603. The second-order valence-corrected chi connectivity index (χ2v) is 4.52. The van der Waals surface area contributed by atoms with Gasteiger partial charge in [0.1, 0.15) is 5.75 Å². The highest BCUT2D eigenvalue weighted by atomic mass is 16.5. The van der Waals surface area contributed by atoms with Gasteiger partial charge >= 0.3 is 0 Å². The molecule has 0 atom stereocenters. The fourth-order valence-electron chi connectivity index (χ4n) is 1.88. The monoisotopic (exact) mass is 260 g/mol. The molecule has 0 spiro atoms. The quantitative estimate of drug-likeness (QED) is 0.740. The van der Waals surface area contributed by atoms with Crippen LogP contribution in [0.1, 0.15) is 39.0 Å². The Bertz CT molecular complexity index is 453. The van der Waals surface area contributed by atoms with Gasteiger partial charge in [-0.2, -0.15) is 5.21 Å². The van der Waals surface area contributed by atoms with Crippen LogP contribution in [0.2, 0.25) is 0 Å². The normalized spacial score (nSPS) is 10.6. The van der Waals surface area contributed by atoms with Crippen LogP contribution in [0.3, 0.4) is 0 Å². The van der Waals surface area contributed by atoms with Crippen LogP contribution in [-0.4, -0.2) is 27.2 Å². The summed E-state index contributed by atoms with van der Waals surface area (Å²) < 4.78 is 5.69. The van der Waals surface area contributed by atoms with E-state index in [9.17, 15) is 0 Å². The fourth-order valence-corrected chi connectivity index (χ4v) is 1.88. The van der Waals surface area contributed by atoms with E-state index in [-0.39, 0.29) is 0 Å². The first kappa shape index (κ1) is 13.5. The number of H-pyrrole nitrogens is 1. The Hall–Kier alpha value is -1.91. The number of hydrogen-bond acceptors (Lipinski definition) is 4. The van der Waals surface area contributed by atoms with Gasteiger partial charge in [-0.3, -0.25) is 0 Å². The maximum atomic E-state index is 5.69. The Balaban J connectivity index is 1.73. The molecule has 0 aliphatic rings. The van der Waals surface area contributed by atoms with E-state index in [0.29, 0.717) is 5.82 Å². The van der Waals surface area contributed by atoms with Crippen LogP contribution < -0.4 is 4.74 Å². The number of unbranched alkanes of at least 4 members (excludes halogenated alkanes) is 4. The molecule has 0 bridgehead atoms. The maximum absolute atomic E-state index is 5.69. The molecule has 19 heavy (non-hydrogen) atoms. The number of nitrogens with one attached hydrogen (secondary N) is 1. The smallest absolute Gasteiger partial charge is 0.204 e. The van der Waals surface area contributed by atoms with Crippen molar-refractivity contribution in [2.24, 2.45) is 0 Å². The average Bonchev–Trinajstić information content (AvgIpc) is 2.97. The highest BCUT2D eigenvalue weighted by Gasteiger charge is 2.02. The highest BCUT2D eigenvalue weighted by Crippen LogP contribution is 2.18. The largest absolute Gasteiger partial charge is 0.494 e. The Morgan fingerprint density at radius 3 is 2.53 bits per heavy atom. The Morgan fingerprint density at radius 1 is 1.05 bits per heavy atom. The van der Waals surface area contributed by atoms with Crippen molar-refractivity contribution in [3.8, 4) is 17.1 Å². The summed E-state index contributed by atoms with van der Waals surface area (Å²) in [6.45, 7) is 3.01. The molecule has 0 unspecified atom stereocenters. The topological polar surface area (TPSA) is 63.7 Å². The molecule has 102 valence electrons. The maximum Gasteiger partial charge on any atom is 0.204 e. The van der Waals surface area contributed by atoms with Crippen LogP contribution in [0.15, 0.2) is 24.3 Å². The number of aromatic amines is 1. The number of nitrogens with zero attached hydrogens (tertiary/aromatic N) is 3. The molecule has 0 aliphatic heterocycles. The summed E-state index contributed by atoms with van der Waals surface area (Å²) in [5, 5.41) is 13.8. The van der Waals surface area contributed by atoms with Crippen molar-refractivity contribution < 1.29 is 4.74 Å². The molecular formula is C14H20N4O. The standard InChI is InChI=1S/C14H20N4O/c1-2-3-4-5-6-11-19-13-9-7-12(8-10-13)14-15-17-18-16-14/h7-10H,2-6,11H2,1H3,(H,15,16,17,18). The molecular weight excluding hydrogens is 240 g/mol. The third-order valence-corrected chi connectivity index (χ3v) is 2.97. The van der Waals surface area contributed by atoms with Crippen LogP contribution in [0.25, 0.3) is 11.4 Å². The number of rotatable bonds is 8. The summed E-state index contributed by atoms with van der Waals surface area (Å²) in [5.41, 5.74) is 0.934. The van der Waals surface area contributed by atoms with E-state index in [1.165, 1.54) is 25.7 Å². The van der Waals surface area contributed by atoms with E-state index in [1.807, 2.05) is 24.3 Å². The van der Waals surface area contributed by atoms with Crippen molar-refractivity contribution in [2.75, 3.05) is 6.61 Å². The number of benzene rings is 1. The van der Waals surface area contributed by atoms with Crippen LogP contribution in [-0.2, 0) is 0 Å². The zero-order valence-corrected chi connectivity index (χ0v) is 11.3. The minimum Gasteiger partial charge on any atom is -0.494 e. The van der Waals surface area contributed by atoms with E-state index < -0.39 is 0 Å². The van der Waals surface area contributed by atoms with Crippen LogP contribution in [0.4, 0.5) is 0 Å². The van der Waals surface area contributed by atoms with E-state index >= 15 is 0 Å². The summed E-state index contributed by atoms with van der Waals surface area (Å²) in [5.74, 6) is 1.49. The third-order valence-electron chi connectivity index (χ3n) is 2.97. The number of hydrogen-bond donors (Lipinski definition) is 1. The molecule has 5 heteroatoms. The Morgan fingerprint density at radius 2 is 1.84 bits per heavy atom. The van der Waals surface area contributed by atoms with Gasteiger partial charge in [0.25, 0.3) is 0 Å². The third kappa shape index (κ3) is 4.35. The first-order valence-electron chi connectivity index (χ1n) is 6.87. The Kier molecular flexibility index (Phi) is 5.34. The van der Waals surface area contributed by atoms with E-state index in [2.05, 4.69) is 27.5 Å². The lowest BCUT2D eigenvalue weighted by molar-refractivity contribution is 0.304. The molecule has 5 nitrogen and oxygen atoms in total. The molecule has 2 aromatic rings. The SMILES string of the molecule is CCCCCCCOc1ccc(-c2nn[nH]n2)cc1. The lowest BCUT2D eigenvalue weighted by Gasteiger charge is -2.06. The van der Waals surface area contributed by atoms with Crippen LogP contribution in [0, 0.1) is 0 Å². The van der Waals surface area contributed by atoms with Crippen molar-refractivity contribution in [3.05, 3.63) is 24.3 Å². The van der Waals surface area contributed by atoms with Gasteiger partial charge in [0, 0.05) is 5.56 Å². The van der Waals surface area contributed by atoms with Gasteiger partial charge in [-0.1, -0.05) is 32.6 Å². The van der Waals surface area contributed by atoms with Crippen LogP contribution in [0.5, 0.6) is 5.75 Å². The van der Waals surface area contributed by atoms with Crippen molar-refractivity contribution >= 4 is 0 Å². The molecule has 1 aromatic heterocycles. The summed E-state index contributed by atoms with van der Waals surface area (Å²) in [7, 11) is 0. The lowest BCUT2D eigenvalue weighted by atomic mass is 10.2. The van der Waals surface area contributed by atoms with Gasteiger partial charge < -0.3 is 4.74 Å². The van der Waals surface area contributed by atoms with Gasteiger partial charge in [0.05, 0.1) is 6.61 Å². The fraction of sp³-hybridized carbons (Fsp3) is 0.500. The van der Waals surface area contributed by atoms with Crippen molar-refractivity contribution in [1.29, 1.82) is 0 Å². The number of ether oxygens (including phenoxy) is 1. The van der Waals surface area contributed by atoms with Gasteiger partial charge in [-0.15, -0.1) is 10.2 Å². The zero-order chi connectivity index (χ0) is 13.3. The lowest BCUT2D eigenvalue weighted by Crippen LogP contribution is -1.97. The molecule has 1 N–H and O–H groups in total. The van der Waals surface area contributed by atoms with Crippen LogP contribution >= 0.6 is 0 Å². The Labute approximate surface area is 113 Å². The first-order valence-corrected chi connectivity index (χ1v) is 6.87. The summed E-state index contributed by atoms with van der Waals surface area (Å²) in [6, 6.07) is 7.77. The van der Waals surface area contributed by atoms with Gasteiger partial charge in [0.2, 0.25) is 5.82 Å². The molecule has 2 rings (SSSR count). The number of tetrazole rings is 1. The van der Waals surface area contributed by atoms with E-state index in [0.717, 1.165) is 24.3 Å². The summed E-state index contributed by atoms with van der Waals surface area (Å²) in [4.78, 5) is 0. The predicted molar refractivity (Wildman–Crippen MR) is 73.9 cm³/mol. The zero-order valence-electron chi connectivity index (χ0n) is 11.3. The molecule has 0 fully saturated rings.